The fourth-order valence-electron chi connectivity index (χ4n) is 1.70. The first-order valence-corrected chi connectivity index (χ1v) is 7.76. The normalized spacial score (nSPS) is 11.7. The van der Waals surface area contributed by atoms with Crippen molar-refractivity contribution in [3.05, 3.63) is 70.6 Å². The molecule has 0 radical (unpaired) electrons. The summed E-state index contributed by atoms with van der Waals surface area (Å²) in [5.74, 6) is 0. The van der Waals surface area contributed by atoms with Crippen LogP contribution in [-0.4, -0.2) is 8.42 Å². The molecule has 2 rings (SSSR count). The van der Waals surface area contributed by atoms with E-state index in [1.165, 1.54) is 6.08 Å². The van der Waals surface area contributed by atoms with Crippen LogP contribution in [0, 0.1) is 18.3 Å². The molecule has 5 heteroatoms. The van der Waals surface area contributed by atoms with Crippen molar-refractivity contribution >= 4 is 21.8 Å². The molecule has 1 N–H and O–H groups in total. The summed E-state index contributed by atoms with van der Waals surface area (Å²) in [6.07, 6.45) is 1.35. The number of hydrogen-bond acceptors (Lipinski definition) is 3. The third kappa shape index (κ3) is 3.94. The van der Waals surface area contributed by atoms with Crippen molar-refractivity contribution in [1.82, 2.24) is 0 Å². The number of benzene rings is 2. The fraction of sp³-hybridized carbons (Fsp3) is 0.0625. The molecule has 0 unspecified atom stereocenters. The maximum atomic E-state index is 12.2. The Morgan fingerprint density at radius 2 is 1.71 bits per heavy atom. The van der Waals surface area contributed by atoms with Gasteiger partial charge in [0, 0.05) is 5.69 Å². The first kappa shape index (κ1) is 14.8. The van der Waals surface area contributed by atoms with E-state index in [0.717, 1.165) is 5.56 Å². The number of para-hydroxylation sites is 1. The summed E-state index contributed by atoms with van der Waals surface area (Å²) in [5, 5.41) is 9.12. The molecule has 0 saturated carbocycles. The maximum Gasteiger partial charge on any atom is 0.272 e. The number of allylic oxidation sites excluding steroid dienone is 1. The third-order valence-corrected chi connectivity index (χ3v) is 4.09. The molecular weight excluding hydrogens is 284 g/mol. The Morgan fingerprint density at radius 3 is 2.29 bits per heavy atom. The van der Waals surface area contributed by atoms with Crippen LogP contribution < -0.4 is 4.72 Å². The number of nitrogens with one attached hydrogen (secondary N) is 1. The van der Waals surface area contributed by atoms with Crippen LogP contribution in [0.3, 0.4) is 0 Å². The highest BCUT2D eigenvalue weighted by Crippen LogP contribution is 2.16. The summed E-state index contributed by atoms with van der Waals surface area (Å²) in [6.45, 7) is 1.94. The molecule has 2 aromatic carbocycles. The van der Waals surface area contributed by atoms with Crippen molar-refractivity contribution in [3.63, 3.8) is 0 Å². The first-order chi connectivity index (χ1) is 10.0. The van der Waals surface area contributed by atoms with Crippen LogP contribution >= 0.6 is 0 Å². The lowest BCUT2D eigenvalue weighted by Gasteiger charge is -2.06. The minimum atomic E-state index is -3.88. The van der Waals surface area contributed by atoms with Crippen LogP contribution in [0.25, 0.3) is 6.08 Å². The fourth-order valence-corrected chi connectivity index (χ4v) is 2.67. The zero-order valence-electron chi connectivity index (χ0n) is 11.4. The number of hydrogen-bond donors (Lipinski definition) is 1. The molecule has 0 aromatic heterocycles. The number of rotatable bonds is 4. The van der Waals surface area contributed by atoms with E-state index in [9.17, 15) is 8.42 Å². The zero-order chi connectivity index (χ0) is 15.3. The summed E-state index contributed by atoms with van der Waals surface area (Å²) in [4.78, 5) is -0.324. The van der Waals surface area contributed by atoms with E-state index < -0.39 is 10.0 Å². The van der Waals surface area contributed by atoms with Gasteiger partial charge in [-0.15, -0.1) is 0 Å². The zero-order valence-corrected chi connectivity index (χ0v) is 12.3. The predicted octanol–water partition coefficient (Wildman–Crippen LogP) is 3.30. The molecule has 0 spiro atoms. The van der Waals surface area contributed by atoms with E-state index >= 15 is 0 Å². The van der Waals surface area contributed by atoms with Gasteiger partial charge in [-0.05, 0) is 30.7 Å². The van der Waals surface area contributed by atoms with Crippen molar-refractivity contribution in [2.45, 2.75) is 6.92 Å². The molecule has 0 heterocycles. The van der Waals surface area contributed by atoms with Crippen molar-refractivity contribution in [1.29, 1.82) is 5.26 Å². The van der Waals surface area contributed by atoms with E-state index in [1.807, 2.05) is 19.1 Å². The summed E-state index contributed by atoms with van der Waals surface area (Å²) in [7, 11) is -3.88. The standard InChI is InChI=1S/C16H14N2O2S/c1-13-7-9-14(10-8-13)11-16(12-17)21(19,20)18-15-5-3-2-4-6-15/h2-11,18H,1H3. The largest absolute Gasteiger partial charge is 0.279 e. The van der Waals surface area contributed by atoms with Crippen LogP contribution in [0.15, 0.2) is 59.5 Å². The second-order valence-corrected chi connectivity index (χ2v) is 6.15. The first-order valence-electron chi connectivity index (χ1n) is 6.27. The van der Waals surface area contributed by atoms with Gasteiger partial charge in [0.05, 0.1) is 0 Å². The highest BCUT2D eigenvalue weighted by molar-refractivity contribution is 7.96. The van der Waals surface area contributed by atoms with Crippen LogP contribution in [0.1, 0.15) is 11.1 Å². The number of nitriles is 1. The van der Waals surface area contributed by atoms with Gasteiger partial charge >= 0.3 is 0 Å². The Kier molecular flexibility index (Phi) is 4.41. The lowest BCUT2D eigenvalue weighted by Crippen LogP contribution is -2.14. The minimum Gasteiger partial charge on any atom is -0.279 e. The number of anilines is 1. The summed E-state index contributed by atoms with van der Waals surface area (Å²) >= 11 is 0. The molecule has 0 atom stereocenters. The van der Waals surface area contributed by atoms with E-state index in [1.54, 1.807) is 48.5 Å². The third-order valence-electron chi connectivity index (χ3n) is 2.80. The van der Waals surface area contributed by atoms with Crippen LogP contribution in [-0.2, 0) is 10.0 Å². The van der Waals surface area contributed by atoms with Gasteiger partial charge in [-0.3, -0.25) is 4.72 Å². The topological polar surface area (TPSA) is 70.0 Å². The molecule has 0 bridgehead atoms. The second kappa shape index (κ2) is 6.25. The molecule has 0 fully saturated rings. The van der Waals surface area contributed by atoms with Gasteiger partial charge in [0.15, 0.2) is 4.91 Å². The van der Waals surface area contributed by atoms with E-state index in [-0.39, 0.29) is 4.91 Å². The summed E-state index contributed by atoms with van der Waals surface area (Å²) in [5.41, 5.74) is 2.15. The number of sulfonamides is 1. The van der Waals surface area contributed by atoms with Gasteiger partial charge < -0.3 is 0 Å². The molecule has 2 aromatic rings. The monoisotopic (exact) mass is 298 g/mol. The lowest BCUT2D eigenvalue weighted by atomic mass is 10.1. The molecule has 0 amide bonds. The molecule has 0 aliphatic heterocycles. The molecule has 21 heavy (non-hydrogen) atoms. The highest BCUT2D eigenvalue weighted by atomic mass is 32.2. The van der Waals surface area contributed by atoms with Crippen molar-refractivity contribution in [3.8, 4) is 6.07 Å². The Bertz CT molecular complexity index is 786. The Hall–Kier alpha value is -2.58. The van der Waals surface area contributed by atoms with Gasteiger partial charge in [-0.1, -0.05) is 48.0 Å². The minimum absolute atomic E-state index is 0.324. The van der Waals surface area contributed by atoms with Crippen LogP contribution in [0.2, 0.25) is 0 Å². The number of aryl methyl sites for hydroxylation is 1. The van der Waals surface area contributed by atoms with Crippen molar-refractivity contribution < 1.29 is 8.42 Å². The average molecular weight is 298 g/mol. The second-order valence-electron chi connectivity index (χ2n) is 4.50. The van der Waals surface area contributed by atoms with Crippen LogP contribution in [0.5, 0.6) is 0 Å². The Morgan fingerprint density at radius 1 is 1.10 bits per heavy atom. The SMILES string of the molecule is Cc1ccc(C=C(C#N)S(=O)(=O)Nc2ccccc2)cc1. The van der Waals surface area contributed by atoms with E-state index in [2.05, 4.69) is 4.72 Å². The molecule has 106 valence electrons. The van der Waals surface area contributed by atoms with Gasteiger partial charge in [0.2, 0.25) is 0 Å². The van der Waals surface area contributed by atoms with Gasteiger partial charge in [-0.2, -0.15) is 5.26 Å². The van der Waals surface area contributed by atoms with E-state index in [4.69, 9.17) is 5.26 Å². The predicted molar refractivity (Wildman–Crippen MR) is 83.8 cm³/mol. The van der Waals surface area contributed by atoms with Gasteiger partial charge in [-0.25, -0.2) is 8.42 Å². The van der Waals surface area contributed by atoms with Crippen LogP contribution in [0.4, 0.5) is 5.69 Å². The molecule has 0 aliphatic carbocycles. The maximum absolute atomic E-state index is 12.2. The molecule has 0 saturated heterocycles. The number of nitrogens with zero attached hydrogens (tertiary/aromatic N) is 1. The lowest BCUT2D eigenvalue weighted by molar-refractivity contribution is 0.608. The molecule has 4 nitrogen and oxygen atoms in total. The summed E-state index contributed by atoms with van der Waals surface area (Å²) < 4.78 is 26.8. The molecule has 0 aliphatic rings. The van der Waals surface area contributed by atoms with Gasteiger partial charge in [0.25, 0.3) is 10.0 Å². The van der Waals surface area contributed by atoms with Crippen molar-refractivity contribution in [2.75, 3.05) is 4.72 Å². The smallest absolute Gasteiger partial charge is 0.272 e. The Labute approximate surface area is 124 Å². The van der Waals surface area contributed by atoms with E-state index in [0.29, 0.717) is 11.3 Å². The average Bonchev–Trinajstić information content (AvgIpc) is 2.47. The highest BCUT2D eigenvalue weighted by Gasteiger charge is 2.17. The van der Waals surface area contributed by atoms with Crippen molar-refractivity contribution in [2.24, 2.45) is 0 Å². The van der Waals surface area contributed by atoms with Gasteiger partial charge in [0.1, 0.15) is 6.07 Å². The Balaban J connectivity index is 2.32. The quantitative estimate of drug-likeness (QED) is 0.880. The summed E-state index contributed by atoms with van der Waals surface area (Å²) in [6, 6.07) is 17.5. The molecular formula is C16H14N2O2S.